The molecule has 1 amide bonds. The van der Waals surface area contributed by atoms with E-state index < -0.39 is 68.2 Å². The summed E-state index contributed by atoms with van der Waals surface area (Å²) in [7, 11) is 0. The normalized spacial score (nSPS) is 22.5. The lowest BCUT2D eigenvalue weighted by atomic mass is 10.1. The van der Waals surface area contributed by atoms with Gasteiger partial charge in [-0.15, -0.1) is 0 Å². The lowest BCUT2D eigenvalue weighted by Crippen LogP contribution is -2.45. The fourth-order valence-electron chi connectivity index (χ4n) is 4.97. The minimum Gasteiger partial charge on any atom is -0.283 e. The molecule has 3 heterocycles. The maximum atomic E-state index is 13.7. The average molecular weight is 880 g/mol. The Balaban J connectivity index is 0.000000255. The van der Waals surface area contributed by atoms with E-state index in [2.05, 4.69) is 10.2 Å². The Kier molecular flexibility index (Phi) is 7.82. The summed E-state index contributed by atoms with van der Waals surface area (Å²) in [6.07, 6.45) is -11.2. The summed E-state index contributed by atoms with van der Waals surface area (Å²) in [6.45, 7) is -13.2. The van der Waals surface area contributed by atoms with Crippen LogP contribution < -0.4 is 5.43 Å². The molecule has 54 heavy (non-hydrogen) atoms. The number of carbonyl (C=O) groups is 2. The number of nitrogens with one attached hydrogen (secondary N) is 1. The SMILES string of the molecule is [2H]C([2H])([2H])c1c(C(=O)Cl)nn(-c2ccc(Cl)cc2Cl)c1-c1ccc(Cl)cc1.[2H]C([2H])([2H])c1c(C(=O)NN2C([2H])([2H])C([2H])([2H])C([2H])([2H])C([2H])([2H])C2([2H])[2H])nn(-c2ccc(Cl)cc2Cl)c1-c1ccc(Cl)cc1. The maximum absolute atomic E-state index is 13.7. The van der Waals surface area contributed by atoms with Gasteiger partial charge >= 0.3 is 0 Å². The third-order valence-corrected chi connectivity index (χ3v) is 9.12. The van der Waals surface area contributed by atoms with Crippen LogP contribution in [0.3, 0.4) is 0 Å². The lowest BCUT2D eigenvalue weighted by Gasteiger charge is -2.26. The molecule has 1 N–H and O–H groups in total. The second-order valence-corrected chi connectivity index (χ2v) is 13.7. The molecule has 1 saturated heterocycles. The summed E-state index contributed by atoms with van der Waals surface area (Å²) in [5, 5.41) is 8.59. The van der Waals surface area contributed by atoms with E-state index in [9.17, 15) is 9.59 Å². The predicted octanol–water partition coefficient (Wildman–Crippen LogP) is 12.1. The zero-order chi connectivity index (χ0) is 52.6. The molecule has 8 nitrogen and oxygen atoms in total. The van der Waals surface area contributed by atoms with Gasteiger partial charge in [0.05, 0.1) is 32.8 Å². The Bertz CT molecular complexity index is 2990. The van der Waals surface area contributed by atoms with E-state index in [-0.39, 0.29) is 54.0 Å². The van der Waals surface area contributed by atoms with Gasteiger partial charge in [0, 0.05) is 77.3 Å². The van der Waals surface area contributed by atoms with E-state index in [1.54, 1.807) is 41.8 Å². The van der Waals surface area contributed by atoms with Crippen LogP contribution in [0.15, 0.2) is 84.9 Å². The molecule has 15 heteroatoms. The van der Waals surface area contributed by atoms with E-state index in [0.717, 1.165) is 4.68 Å². The van der Waals surface area contributed by atoms with Crippen LogP contribution in [0.4, 0.5) is 0 Å². The number of halogens is 7. The van der Waals surface area contributed by atoms with Crippen molar-refractivity contribution in [1.29, 1.82) is 0 Å². The maximum Gasteiger partial charge on any atom is 0.286 e. The Morgan fingerprint density at radius 3 is 1.48 bits per heavy atom. The van der Waals surface area contributed by atoms with Crippen LogP contribution in [0.1, 0.15) is 73.2 Å². The standard InChI is InChI=1S/C22H21Cl3N4O.C17H10Cl4N2O/c1-14-20(22(30)27-28-11-3-2-4-12-28)26-29(19-10-9-17(24)13-18(19)25)21(14)15-5-7-16(23)8-6-15;1-9-15(17(21)24)22-23(14-7-6-12(19)8-13(14)20)16(9)10-2-4-11(18)5-3-10/h5-10,13H,2-4,11-12H2,1H3,(H,27,30);2-8H,1H3/i1D3,2D2,3D2,4D2,11D2,12D2;1D3. The van der Waals surface area contributed by atoms with Crippen molar-refractivity contribution in [2.75, 3.05) is 13.0 Å². The third-order valence-electron chi connectivity index (χ3n) is 7.36. The Morgan fingerprint density at radius 1 is 0.630 bits per heavy atom. The van der Waals surface area contributed by atoms with Crippen molar-refractivity contribution in [3.63, 3.8) is 0 Å². The number of rotatable bonds is 7. The number of hydrazine groups is 1. The average Bonchev–Trinajstić information content (AvgIpc) is 3.84. The van der Waals surface area contributed by atoms with Gasteiger partial charge in [-0.1, -0.05) is 100 Å². The molecule has 6 aromatic rings. The fraction of sp³-hybridized carbons (Fsp3) is 0.179. The lowest BCUT2D eigenvalue weighted by molar-refractivity contribution is 0.0743. The highest BCUT2D eigenvalue weighted by atomic mass is 35.5. The second-order valence-electron chi connectivity index (χ2n) is 10.8. The molecule has 2 aromatic heterocycles. The van der Waals surface area contributed by atoms with E-state index in [4.69, 9.17) is 103 Å². The Morgan fingerprint density at radius 2 is 1.06 bits per heavy atom. The largest absolute Gasteiger partial charge is 0.286 e. The first-order valence-electron chi connectivity index (χ1n) is 23.0. The number of hydrogen-bond donors (Lipinski definition) is 1. The first-order valence-corrected chi connectivity index (χ1v) is 17.7. The van der Waals surface area contributed by atoms with Gasteiger partial charge in [-0.25, -0.2) is 14.4 Å². The molecule has 0 aliphatic carbocycles. The quantitative estimate of drug-likeness (QED) is 0.161. The molecule has 0 bridgehead atoms. The predicted molar refractivity (Wildman–Crippen MR) is 221 cm³/mol. The topological polar surface area (TPSA) is 85.1 Å². The molecule has 0 atom stereocenters. The highest BCUT2D eigenvalue weighted by Crippen LogP contribution is 2.35. The summed E-state index contributed by atoms with van der Waals surface area (Å²) in [4.78, 5) is 25.6. The number of nitrogens with zero attached hydrogens (tertiary/aromatic N) is 5. The van der Waals surface area contributed by atoms with Crippen LogP contribution >= 0.6 is 81.2 Å². The van der Waals surface area contributed by atoms with Gasteiger partial charge in [-0.2, -0.15) is 10.2 Å². The van der Waals surface area contributed by atoms with Crippen LogP contribution in [0.5, 0.6) is 0 Å². The van der Waals surface area contributed by atoms with Gasteiger partial charge < -0.3 is 0 Å². The molecule has 1 fully saturated rings. The summed E-state index contributed by atoms with van der Waals surface area (Å²) >= 11 is 42.2. The molecule has 7 rings (SSSR count). The first kappa shape index (κ1) is 24.1. The molecule has 0 unspecified atom stereocenters. The molecule has 278 valence electrons. The van der Waals surface area contributed by atoms with Crippen LogP contribution in [-0.2, 0) is 0 Å². The van der Waals surface area contributed by atoms with Crippen LogP contribution in [0.25, 0.3) is 33.9 Å². The van der Waals surface area contributed by atoms with Gasteiger partial charge in [0.2, 0.25) is 0 Å². The summed E-state index contributed by atoms with van der Waals surface area (Å²) < 4.78 is 132. The number of benzene rings is 4. The van der Waals surface area contributed by atoms with Crippen LogP contribution in [-0.4, -0.2) is 48.7 Å². The van der Waals surface area contributed by atoms with Gasteiger partial charge in [0.1, 0.15) is 5.69 Å². The molecule has 1 aliphatic heterocycles. The van der Waals surface area contributed by atoms with E-state index in [0.29, 0.717) is 26.3 Å². The van der Waals surface area contributed by atoms with Gasteiger partial charge in [0.15, 0.2) is 5.69 Å². The van der Waals surface area contributed by atoms with E-state index in [1.807, 2.05) is 0 Å². The number of amides is 1. The van der Waals surface area contributed by atoms with Crippen LogP contribution in [0, 0.1) is 13.7 Å². The summed E-state index contributed by atoms with van der Waals surface area (Å²) in [5.74, 6) is -1.56. The number of hydrogen-bond acceptors (Lipinski definition) is 5. The first-order chi connectivity index (χ1) is 32.0. The van der Waals surface area contributed by atoms with Gasteiger partial charge in [-0.05, 0) is 98.7 Å². The molecular weight excluding hydrogens is 833 g/mol. The summed E-state index contributed by atoms with van der Waals surface area (Å²) in [5.41, 5.74) is 0.591. The zero-order valence-corrected chi connectivity index (χ0v) is 32.1. The molecular formula is C39H31Cl7N6O2. The second kappa shape index (κ2) is 17.5. The smallest absolute Gasteiger partial charge is 0.283 e. The van der Waals surface area contributed by atoms with Crippen molar-refractivity contribution in [2.45, 2.75) is 32.8 Å². The number of carbonyl (C=O) groups excluding carboxylic acids is 2. The van der Waals surface area contributed by atoms with Crippen molar-refractivity contribution in [2.24, 2.45) is 0 Å². The van der Waals surface area contributed by atoms with Crippen molar-refractivity contribution in [3.8, 4) is 33.9 Å². The number of piperidine rings is 1. The molecule has 1 aliphatic rings. The number of aromatic nitrogens is 4. The zero-order valence-electron chi connectivity index (χ0n) is 42.8. The van der Waals surface area contributed by atoms with E-state index in [1.165, 1.54) is 53.2 Å². The van der Waals surface area contributed by atoms with E-state index >= 15 is 0 Å². The fourth-order valence-corrected chi connectivity index (χ4v) is 6.33. The van der Waals surface area contributed by atoms with Crippen molar-refractivity contribution < 1.29 is 31.5 Å². The van der Waals surface area contributed by atoms with Crippen molar-refractivity contribution >= 4 is 92.4 Å². The van der Waals surface area contributed by atoms with Gasteiger partial charge in [0.25, 0.3) is 11.1 Å². The van der Waals surface area contributed by atoms with Gasteiger partial charge in [-0.3, -0.25) is 15.0 Å². The summed E-state index contributed by atoms with van der Waals surface area (Å²) in [6, 6.07) is 21.0. The minimum absolute atomic E-state index is 0.0124. The van der Waals surface area contributed by atoms with Crippen LogP contribution in [0.2, 0.25) is 30.1 Å². The Hall–Kier alpha value is -3.57. The Labute approximate surface area is 369 Å². The third kappa shape index (κ3) is 8.93. The molecule has 0 spiro atoms. The monoisotopic (exact) mass is 876 g/mol. The van der Waals surface area contributed by atoms with Crippen molar-refractivity contribution in [3.05, 3.63) is 138 Å². The molecule has 0 saturated carbocycles. The molecule has 0 radical (unpaired) electrons. The van der Waals surface area contributed by atoms with Crippen molar-refractivity contribution in [1.82, 2.24) is 30.0 Å². The molecule has 4 aromatic carbocycles. The highest BCUT2D eigenvalue weighted by Gasteiger charge is 2.25. The minimum atomic E-state index is -3.74. The highest BCUT2D eigenvalue weighted by molar-refractivity contribution is 6.67.